The van der Waals surface area contributed by atoms with Crippen LogP contribution in [-0.4, -0.2) is 50.0 Å². The number of amides is 1. The lowest BCUT2D eigenvalue weighted by atomic mass is 9.67. The number of hydrogen-bond donors (Lipinski definition) is 0. The molecule has 0 aromatic rings. The van der Waals surface area contributed by atoms with E-state index in [0.717, 1.165) is 19.2 Å². The molecule has 3 rings (SSSR count). The van der Waals surface area contributed by atoms with E-state index in [1.54, 1.807) is 0 Å². The molecule has 110 valence electrons. The van der Waals surface area contributed by atoms with Crippen LogP contribution in [0.2, 0.25) is 0 Å². The Morgan fingerprint density at radius 3 is 2.40 bits per heavy atom. The van der Waals surface area contributed by atoms with Crippen molar-refractivity contribution in [3.63, 3.8) is 0 Å². The molecule has 3 aliphatic rings. The zero-order valence-corrected chi connectivity index (χ0v) is 11.3. The summed E-state index contributed by atoms with van der Waals surface area (Å²) < 4.78 is 55.6. The first kappa shape index (κ1) is 13.9. The van der Waals surface area contributed by atoms with Gasteiger partial charge in [0.1, 0.15) is 6.04 Å². The highest BCUT2D eigenvalue weighted by atomic mass is 35.5. The number of hydrogen-bond acceptors (Lipinski definition) is 3. The van der Waals surface area contributed by atoms with E-state index in [0.29, 0.717) is 10.1 Å². The molecule has 2 aliphatic heterocycles. The minimum Gasteiger partial charge on any atom is -0.273 e. The third-order valence-electron chi connectivity index (χ3n) is 3.77. The molecule has 4 nitrogen and oxygen atoms in total. The van der Waals surface area contributed by atoms with Gasteiger partial charge in [0.15, 0.2) is 4.87 Å². The summed E-state index contributed by atoms with van der Waals surface area (Å²) in [5, 5.41) is 4.62. The number of carbonyl (C=O) groups is 1. The van der Waals surface area contributed by atoms with Crippen molar-refractivity contribution in [2.75, 3.05) is 0 Å². The van der Waals surface area contributed by atoms with Crippen molar-refractivity contribution in [1.29, 1.82) is 0 Å². The van der Waals surface area contributed by atoms with Gasteiger partial charge in [-0.2, -0.15) is 27.8 Å². The van der Waals surface area contributed by atoms with Crippen molar-refractivity contribution in [2.24, 2.45) is 5.10 Å². The molecule has 3 unspecified atom stereocenters. The van der Waals surface area contributed by atoms with Gasteiger partial charge < -0.3 is 0 Å². The lowest BCUT2D eigenvalue weighted by Gasteiger charge is -2.58. The van der Waals surface area contributed by atoms with E-state index in [9.17, 15) is 22.4 Å². The Kier molecular flexibility index (Phi) is 2.38. The lowest BCUT2D eigenvalue weighted by Crippen LogP contribution is -2.88. The number of fused-ring (bicyclic) bond motifs is 3. The first-order valence-electron chi connectivity index (χ1n) is 5.49. The first-order chi connectivity index (χ1) is 9.05. The number of halogens is 6. The highest BCUT2D eigenvalue weighted by Gasteiger charge is 3.02. The smallest absolute Gasteiger partial charge is 0.273 e. The zero-order chi connectivity index (χ0) is 15.1. The highest BCUT2D eigenvalue weighted by Crippen LogP contribution is 2.76. The molecule has 2 heterocycles. The maximum absolute atomic E-state index is 13.9. The average molecular weight is 332 g/mol. The number of rotatable bonds is 0. The molecule has 2 fully saturated rings. The van der Waals surface area contributed by atoms with Gasteiger partial charge in [0.2, 0.25) is 10.9 Å². The van der Waals surface area contributed by atoms with Gasteiger partial charge in [-0.3, -0.25) is 4.79 Å². The average Bonchev–Trinajstić information content (AvgIpc) is 2.56. The van der Waals surface area contributed by atoms with Gasteiger partial charge in [0.25, 0.3) is 0 Å². The predicted octanol–water partition coefficient (Wildman–Crippen LogP) is 2.19. The predicted molar refractivity (Wildman–Crippen MR) is 62.8 cm³/mol. The van der Waals surface area contributed by atoms with Gasteiger partial charge in [-0.05, 0) is 6.08 Å². The molecular weight excluding hydrogens is 325 g/mol. The monoisotopic (exact) mass is 331 g/mol. The molecule has 0 aromatic heterocycles. The summed E-state index contributed by atoms with van der Waals surface area (Å²) >= 11 is 11.6. The molecule has 3 atom stereocenters. The van der Waals surface area contributed by atoms with Crippen LogP contribution in [0.1, 0.15) is 6.92 Å². The van der Waals surface area contributed by atoms with Crippen molar-refractivity contribution in [2.45, 2.75) is 34.7 Å². The third-order valence-corrected chi connectivity index (χ3v) is 5.29. The summed E-state index contributed by atoms with van der Waals surface area (Å²) in [5.41, 5.74) is 0. The molecule has 0 aromatic carbocycles. The number of nitrogens with zero attached hydrogens (tertiary/aromatic N) is 3. The van der Waals surface area contributed by atoms with Crippen LogP contribution in [0.15, 0.2) is 17.3 Å². The normalized spacial score (nSPS) is 43.0. The van der Waals surface area contributed by atoms with Crippen LogP contribution >= 0.6 is 23.2 Å². The Labute approximate surface area is 120 Å². The van der Waals surface area contributed by atoms with E-state index in [1.807, 2.05) is 0 Å². The van der Waals surface area contributed by atoms with Gasteiger partial charge in [-0.15, -0.1) is 11.6 Å². The Balaban J connectivity index is 2.26. The second-order valence-corrected chi connectivity index (χ2v) is 5.87. The largest absolute Gasteiger partial charge is 0.352 e. The standard InChI is InChI=1S/C10H7Cl2F4N3O/c1-5(20)18-8(12)7(11,9(13,14)10(8,15)16)6-3-2-4-17-19(6)18/h2-4,6H,1H3. The zero-order valence-electron chi connectivity index (χ0n) is 9.83. The summed E-state index contributed by atoms with van der Waals surface area (Å²) in [5.74, 6) is -10.2. The first-order valence-corrected chi connectivity index (χ1v) is 6.25. The number of hydrazine groups is 1. The van der Waals surface area contributed by atoms with Gasteiger partial charge in [0.05, 0.1) is 0 Å². The Morgan fingerprint density at radius 2 is 1.85 bits per heavy atom. The Bertz CT molecular complexity index is 569. The Morgan fingerprint density at radius 1 is 1.25 bits per heavy atom. The molecule has 0 radical (unpaired) electrons. The van der Waals surface area contributed by atoms with E-state index < -0.39 is 33.7 Å². The van der Waals surface area contributed by atoms with Crippen molar-refractivity contribution < 1.29 is 22.4 Å². The summed E-state index contributed by atoms with van der Waals surface area (Å²) in [6, 6.07) is -1.45. The van der Waals surface area contributed by atoms with Crippen LogP contribution < -0.4 is 0 Å². The highest BCUT2D eigenvalue weighted by molar-refractivity contribution is 6.39. The fourth-order valence-electron chi connectivity index (χ4n) is 2.86. The Hall–Kier alpha value is -1.02. The molecular formula is C10H7Cl2F4N3O. The molecule has 0 spiro atoms. The molecule has 1 saturated heterocycles. The number of hydrazone groups is 1. The number of allylic oxidation sites excluding steroid dienone is 1. The van der Waals surface area contributed by atoms with Gasteiger partial charge in [-0.25, -0.2) is 5.01 Å². The molecule has 0 bridgehead atoms. The summed E-state index contributed by atoms with van der Waals surface area (Å²) in [7, 11) is 0. The van der Waals surface area contributed by atoms with Crippen molar-refractivity contribution in [3.05, 3.63) is 12.2 Å². The topological polar surface area (TPSA) is 35.9 Å². The SMILES string of the molecule is CC(=O)N1N2N=CC=CC2C2(Cl)C(F)(F)C(F)(F)C12Cl. The number of carbonyl (C=O) groups excluding carboxylic acids is 1. The molecule has 0 N–H and O–H groups in total. The van der Waals surface area contributed by atoms with E-state index in [2.05, 4.69) is 5.10 Å². The van der Waals surface area contributed by atoms with Crippen LogP contribution in [0.5, 0.6) is 0 Å². The van der Waals surface area contributed by atoms with Crippen LogP contribution in [-0.2, 0) is 4.79 Å². The fraction of sp³-hybridized carbons (Fsp3) is 0.600. The maximum atomic E-state index is 13.9. The van der Waals surface area contributed by atoms with E-state index in [-0.39, 0.29) is 0 Å². The van der Waals surface area contributed by atoms with Crippen LogP contribution in [0.25, 0.3) is 0 Å². The van der Waals surface area contributed by atoms with E-state index >= 15 is 0 Å². The summed E-state index contributed by atoms with van der Waals surface area (Å²) in [6.07, 6.45) is 3.59. The summed E-state index contributed by atoms with van der Waals surface area (Å²) in [4.78, 5) is 5.66. The van der Waals surface area contributed by atoms with Crippen LogP contribution in [0, 0.1) is 0 Å². The molecule has 20 heavy (non-hydrogen) atoms. The minimum absolute atomic E-state index is 0.295. The molecule has 1 aliphatic carbocycles. The third kappa shape index (κ3) is 0.996. The van der Waals surface area contributed by atoms with Gasteiger partial charge >= 0.3 is 11.8 Å². The molecule has 1 saturated carbocycles. The summed E-state index contributed by atoms with van der Waals surface area (Å²) in [6.45, 7) is 0.921. The second kappa shape index (κ2) is 3.41. The second-order valence-electron chi connectivity index (χ2n) is 4.73. The van der Waals surface area contributed by atoms with Crippen molar-refractivity contribution in [1.82, 2.24) is 10.1 Å². The maximum Gasteiger partial charge on any atom is 0.352 e. The van der Waals surface area contributed by atoms with Crippen molar-refractivity contribution in [3.8, 4) is 0 Å². The van der Waals surface area contributed by atoms with Gasteiger partial charge in [0, 0.05) is 13.1 Å². The van der Waals surface area contributed by atoms with E-state index in [1.165, 1.54) is 6.08 Å². The fourth-order valence-corrected chi connectivity index (χ4v) is 3.88. The van der Waals surface area contributed by atoms with Crippen LogP contribution in [0.3, 0.4) is 0 Å². The lowest BCUT2D eigenvalue weighted by molar-refractivity contribution is -0.340. The van der Waals surface area contributed by atoms with Crippen molar-refractivity contribution >= 4 is 35.3 Å². The quantitative estimate of drug-likeness (QED) is 0.387. The molecule has 1 amide bonds. The molecule has 10 heteroatoms. The minimum atomic E-state index is -4.68. The van der Waals surface area contributed by atoms with Gasteiger partial charge in [-0.1, -0.05) is 17.7 Å². The number of alkyl halides is 6. The van der Waals surface area contributed by atoms with Crippen LogP contribution in [0.4, 0.5) is 17.6 Å². The van der Waals surface area contributed by atoms with E-state index in [4.69, 9.17) is 23.2 Å².